The second-order valence-electron chi connectivity index (χ2n) is 3.36. The summed E-state index contributed by atoms with van der Waals surface area (Å²) in [6.07, 6.45) is -2.62. The van der Waals surface area contributed by atoms with Gasteiger partial charge in [-0.1, -0.05) is 0 Å². The van der Waals surface area contributed by atoms with Crippen LogP contribution in [0.4, 0.5) is 14.5 Å². The molecule has 6 nitrogen and oxygen atoms in total. The van der Waals surface area contributed by atoms with E-state index in [1.54, 1.807) is 29.5 Å². The molecule has 0 atom stereocenters. The normalized spacial score (nSPS) is 10.6. The molecule has 1 aromatic heterocycles. The largest absolute Gasteiger partial charge is 0.466 e. The van der Waals surface area contributed by atoms with Gasteiger partial charge in [-0.15, -0.1) is 0 Å². The number of hydrogen-bond acceptors (Lipinski definition) is 5. The molecule has 0 amide bonds. The fourth-order valence-corrected chi connectivity index (χ4v) is 2.11. The minimum Gasteiger partial charge on any atom is -0.466 e. The lowest BCUT2D eigenvalue weighted by atomic mass is 10.1. The van der Waals surface area contributed by atoms with E-state index in [0.29, 0.717) is 0 Å². The quantitative estimate of drug-likeness (QED) is 0.336. The van der Waals surface area contributed by atoms with Crippen molar-refractivity contribution in [3.63, 3.8) is 0 Å². The molecule has 0 fully saturated rings. The first kappa shape index (κ1) is 15.7. The van der Waals surface area contributed by atoms with Crippen LogP contribution < -0.4 is 0 Å². The standard InChI is InChI=1S/C10H9F2IN2O4/c1-2-19-7(16)3-5-8(10(11)12)14-4-6(13)9(5)15(17)18/h4,10H,2-3H2,1H3. The molecule has 0 radical (unpaired) electrons. The lowest BCUT2D eigenvalue weighted by Crippen LogP contribution is -2.13. The molecule has 0 N–H and O–H groups in total. The van der Waals surface area contributed by atoms with Crippen LogP contribution in [-0.2, 0) is 16.0 Å². The van der Waals surface area contributed by atoms with Crippen molar-refractivity contribution in [3.8, 4) is 0 Å². The zero-order chi connectivity index (χ0) is 14.6. The average Bonchev–Trinajstić information content (AvgIpc) is 2.28. The molecule has 0 aliphatic rings. The molecule has 9 heteroatoms. The lowest BCUT2D eigenvalue weighted by Gasteiger charge is -2.09. The molecule has 0 unspecified atom stereocenters. The Hall–Kier alpha value is -1.39. The first-order valence-corrected chi connectivity index (χ1v) is 6.21. The maximum Gasteiger partial charge on any atom is 0.310 e. The Morgan fingerprint density at radius 1 is 1.63 bits per heavy atom. The zero-order valence-corrected chi connectivity index (χ0v) is 11.9. The highest BCUT2D eigenvalue weighted by atomic mass is 127. The fourth-order valence-electron chi connectivity index (χ4n) is 1.45. The van der Waals surface area contributed by atoms with E-state index in [9.17, 15) is 23.7 Å². The number of carbonyl (C=O) groups is 1. The highest BCUT2D eigenvalue weighted by Crippen LogP contribution is 2.32. The fraction of sp³-hybridized carbons (Fsp3) is 0.400. The molecular weight excluding hydrogens is 377 g/mol. The van der Waals surface area contributed by atoms with Crippen LogP contribution in [0.25, 0.3) is 0 Å². The summed E-state index contributed by atoms with van der Waals surface area (Å²) < 4.78 is 30.3. The van der Waals surface area contributed by atoms with Crippen LogP contribution in [0.15, 0.2) is 6.20 Å². The molecular formula is C10H9F2IN2O4. The average molecular weight is 386 g/mol. The number of hydrogen-bond donors (Lipinski definition) is 0. The van der Waals surface area contributed by atoms with Gasteiger partial charge in [0.1, 0.15) is 9.26 Å². The van der Waals surface area contributed by atoms with Gasteiger partial charge in [0.25, 0.3) is 12.1 Å². The van der Waals surface area contributed by atoms with Crippen molar-refractivity contribution in [3.05, 3.63) is 31.1 Å². The van der Waals surface area contributed by atoms with E-state index in [4.69, 9.17) is 0 Å². The molecule has 19 heavy (non-hydrogen) atoms. The smallest absolute Gasteiger partial charge is 0.310 e. The van der Waals surface area contributed by atoms with Crippen LogP contribution in [0.3, 0.4) is 0 Å². The van der Waals surface area contributed by atoms with Gasteiger partial charge in [0.2, 0.25) is 0 Å². The number of alkyl halides is 2. The number of ether oxygens (including phenoxy) is 1. The van der Waals surface area contributed by atoms with Gasteiger partial charge in [0, 0.05) is 6.20 Å². The van der Waals surface area contributed by atoms with E-state index < -0.39 is 40.7 Å². The van der Waals surface area contributed by atoms with Crippen LogP contribution in [0.2, 0.25) is 0 Å². The Bertz CT molecular complexity index is 511. The highest BCUT2D eigenvalue weighted by molar-refractivity contribution is 14.1. The van der Waals surface area contributed by atoms with Crippen molar-refractivity contribution < 1.29 is 23.2 Å². The van der Waals surface area contributed by atoms with Gasteiger partial charge in [-0.2, -0.15) is 0 Å². The Morgan fingerprint density at radius 3 is 2.74 bits per heavy atom. The minimum atomic E-state index is -3.00. The Morgan fingerprint density at radius 2 is 2.26 bits per heavy atom. The third-order valence-corrected chi connectivity index (χ3v) is 2.94. The number of carbonyl (C=O) groups excluding carboxylic acids is 1. The van der Waals surface area contributed by atoms with E-state index in [1.807, 2.05) is 0 Å². The van der Waals surface area contributed by atoms with Crippen molar-refractivity contribution in [2.75, 3.05) is 6.61 Å². The molecule has 0 aromatic carbocycles. The molecule has 0 saturated heterocycles. The van der Waals surface area contributed by atoms with Crippen molar-refractivity contribution in [1.29, 1.82) is 0 Å². The molecule has 0 saturated carbocycles. The van der Waals surface area contributed by atoms with Crippen LogP contribution in [0.1, 0.15) is 24.6 Å². The summed E-state index contributed by atoms with van der Waals surface area (Å²) in [4.78, 5) is 24.9. The number of nitrogens with zero attached hydrogens (tertiary/aromatic N) is 2. The van der Waals surface area contributed by atoms with Gasteiger partial charge in [0.05, 0.1) is 23.5 Å². The predicted molar refractivity (Wildman–Crippen MR) is 68.9 cm³/mol. The maximum absolute atomic E-state index is 12.8. The summed E-state index contributed by atoms with van der Waals surface area (Å²) >= 11 is 1.61. The Balaban J connectivity index is 3.33. The van der Waals surface area contributed by atoms with Gasteiger partial charge in [-0.3, -0.25) is 19.9 Å². The number of pyridine rings is 1. The maximum atomic E-state index is 12.8. The number of rotatable bonds is 5. The summed E-state index contributed by atoms with van der Waals surface area (Å²) in [5.74, 6) is -0.809. The van der Waals surface area contributed by atoms with Crippen molar-refractivity contribution in [1.82, 2.24) is 4.98 Å². The Labute approximate surface area is 120 Å². The summed E-state index contributed by atoms with van der Waals surface area (Å²) in [6.45, 7) is 1.61. The van der Waals surface area contributed by atoms with E-state index in [-0.39, 0.29) is 10.2 Å². The molecule has 1 rings (SSSR count). The van der Waals surface area contributed by atoms with E-state index in [2.05, 4.69) is 9.72 Å². The third-order valence-electron chi connectivity index (χ3n) is 2.15. The molecule has 0 spiro atoms. The van der Waals surface area contributed by atoms with Crippen LogP contribution >= 0.6 is 22.6 Å². The van der Waals surface area contributed by atoms with E-state index in [1.165, 1.54) is 0 Å². The predicted octanol–water partition coefficient (Wildman–Crippen LogP) is 2.64. The van der Waals surface area contributed by atoms with Gasteiger partial charge < -0.3 is 4.74 Å². The lowest BCUT2D eigenvalue weighted by molar-refractivity contribution is -0.386. The van der Waals surface area contributed by atoms with Crippen LogP contribution in [0.5, 0.6) is 0 Å². The van der Waals surface area contributed by atoms with Crippen molar-refractivity contribution >= 4 is 34.2 Å². The SMILES string of the molecule is CCOC(=O)Cc1c(C(F)F)ncc(I)c1[N+](=O)[O-]. The molecule has 0 aliphatic heterocycles. The van der Waals surface area contributed by atoms with Crippen LogP contribution in [0, 0.1) is 13.7 Å². The van der Waals surface area contributed by atoms with Gasteiger partial charge >= 0.3 is 5.97 Å². The topological polar surface area (TPSA) is 82.3 Å². The zero-order valence-electron chi connectivity index (χ0n) is 9.73. The molecule has 0 aliphatic carbocycles. The molecule has 1 heterocycles. The molecule has 104 valence electrons. The summed E-state index contributed by atoms with van der Waals surface area (Å²) in [7, 11) is 0. The first-order valence-electron chi connectivity index (χ1n) is 5.13. The highest BCUT2D eigenvalue weighted by Gasteiger charge is 2.29. The number of nitro groups is 1. The first-order chi connectivity index (χ1) is 8.88. The molecule has 0 bridgehead atoms. The second-order valence-corrected chi connectivity index (χ2v) is 4.52. The van der Waals surface area contributed by atoms with Gasteiger partial charge in [-0.05, 0) is 29.5 Å². The summed E-state index contributed by atoms with van der Waals surface area (Å²) in [6, 6.07) is 0. The summed E-state index contributed by atoms with van der Waals surface area (Å²) in [5.41, 5.74) is -1.69. The summed E-state index contributed by atoms with van der Waals surface area (Å²) in [5, 5.41) is 10.9. The van der Waals surface area contributed by atoms with E-state index >= 15 is 0 Å². The third kappa shape index (κ3) is 3.78. The second kappa shape index (κ2) is 6.68. The van der Waals surface area contributed by atoms with E-state index in [0.717, 1.165) is 6.20 Å². The molecule has 1 aromatic rings. The van der Waals surface area contributed by atoms with Crippen molar-refractivity contribution in [2.24, 2.45) is 0 Å². The minimum absolute atomic E-state index is 0.0635. The van der Waals surface area contributed by atoms with Gasteiger partial charge in [0.15, 0.2) is 0 Å². The van der Waals surface area contributed by atoms with Crippen molar-refractivity contribution in [2.45, 2.75) is 19.8 Å². The number of esters is 1. The number of halogens is 3. The monoisotopic (exact) mass is 386 g/mol. The van der Waals surface area contributed by atoms with Gasteiger partial charge in [-0.25, -0.2) is 8.78 Å². The Kier molecular flexibility index (Phi) is 5.51. The number of aromatic nitrogens is 1. The van der Waals surface area contributed by atoms with Crippen LogP contribution in [-0.4, -0.2) is 22.5 Å².